The summed E-state index contributed by atoms with van der Waals surface area (Å²) >= 11 is 0. The van der Waals surface area contributed by atoms with Gasteiger partial charge >= 0.3 is 12.0 Å². The van der Waals surface area contributed by atoms with Crippen LogP contribution in [0.25, 0.3) is 0 Å². The third-order valence-electron chi connectivity index (χ3n) is 3.78. The van der Waals surface area contributed by atoms with Crippen molar-refractivity contribution in [1.82, 2.24) is 9.88 Å². The summed E-state index contributed by atoms with van der Waals surface area (Å²) in [6, 6.07) is 5.18. The fraction of sp³-hybridized carbons (Fsp3) is 0.588. The molecule has 0 spiro atoms. The number of nitrogens with zero attached hydrogens (tertiary/aromatic N) is 2. The molecule has 1 saturated heterocycles. The van der Waals surface area contributed by atoms with Crippen molar-refractivity contribution in [2.75, 3.05) is 11.9 Å². The van der Waals surface area contributed by atoms with Crippen molar-refractivity contribution in [2.45, 2.75) is 52.2 Å². The second-order valence-corrected chi connectivity index (χ2v) is 6.95. The van der Waals surface area contributed by atoms with Crippen LogP contribution in [0.3, 0.4) is 0 Å². The molecule has 1 aromatic heterocycles. The minimum atomic E-state index is -0.513. The van der Waals surface area contributed by atoms with Gasteiger partial charge in [-0.15, -0.1) is 0 Å². The van der Waals surface area contributed by atoms with Crippen molar-refractivity contribution in [3.8, 4) is 0 Å². The highest BCUT2D eigenvalue weighted by Gasteiger charge is 2.35. The van der Waals surface area contributed by atoms with Gasteiger partial charge in [0.15, 0.2) is 0 Å². The lowest BCUT2D eigenvalue weighted by atomic mass is 9.93. The molecule has 126 valence electrons. The molecule has 1 aromatic rings. The molecule has 0 saturated carbocycles. The van der Waals surface area contributed by atoms with E-state index in [4.69, 9.17) is 4.74 Å². The van der Waals surface area contributed by atoms with Gasteiger partial charge in [-0.1, -0.05) is 6.07 Å². The largest absolute Gasteiger partial charge is 0.460 e. The van der Waals surface area contributed by atoms with E-state index in [9.17, 15) is 9.59 Å². The Morgan fingerprint density at radius 2 is 2.04 bits per heavy atom. The zero-order chi connectivity index (χ0) is 17.0. The Balaban J connectivity index is 2.00. The quantitative estimate of drug-likeness (QED) is 0.850. The maximum atomic E-state index is 12.5. The molecule has 1 fully saturated rings. The maximum absolute atomic E-state index is 12.5. The number of amides is 2. The van der Waals surface area contributed by atoms with Gasteiger partial charge in [-0.2, -0.15) is 0 Å². The number of esters is 1. The number of piperidine rings is 1. The number of ether oxygens (including phenoxy) is 1. The molecule has 23 heavy (non-hydrogen) atoms. The van der Waals surface area contributed by atoms with Crippen LogP contribution in [-0.2, 0) is 9.53 Å². The molecule has 2 unspecified atom stereocenters. The molecule has 1 aliphatic rings. The van der Waals surface area contributed by atoms with E-state index < -0.39 is 5.60 Å². The van der Waals surface area contributed by atoms with Crippen LogP contribution in [0.1, 0.15) is 40.5 Å². The van der Waals surface area contributed by atoms with Gasteiger partial charge < -0.3 is 9.64 Å². The number of urea groups is 1. The van der Waals surface area contributed by atoms with Gasteiger partial charge in [-0.05, 0) is 52.7 Å². The van der Waals surface area contributed by atoms with E-state index in [0.29, 0.717) is 12.4 Å². The molecule has 6 nitrogen and oxygen atoms in total. The highest BCUT2D eigenvalue weighted by Crippen LogP contribution is 2.25. The SMILES string of the molecule is CC1CCC(C(=O)OC(C)(C)C)CN1C(=O)Nc1ccccn1. The van der Waals surface area contributed by atoms with Gasteiger partial charge in [-0.25, -0.2) is 9.78 Å². The number of likely N-dealkylation sites (tertiary alicyclic amines) is 1. The lowest BCUT2D eigenvalue weighted by Gasteiger charge is -2.37. The minimum Gasteiger partial charge on any atom is -0.460 e. The molecular formula is C17H25N3O3. The fourth-order valence-corrected chi connectivity index (χ4v) is 2.59. The Hall–Kier alpha value is -2.11. The summed E-state index contributed by atoms with van der Waals surface area (Å²) in [6.45, 7) is 7.91. The lowest BCUT2D eigenvalue weighted by Crippen LogP contribution is -2.50. The number of rotatable bonds is 2. The fourth-order valence-electron chi connectivity index (χ4n) is 2.59. The number of carbonyl (C=O) groups excluding carboxylic acids is 2. The monoisotopic (exact) mass is 319 g/mol. The normalized spacial score (nSPS) is 21.7. The highest BCUT2D eigenvalue weighted by molar-refractivity contribution is 5.89. The first-order chi connectivity index (χ1) is 10.8. The Morgan fingerprint density at radius 1 is 1.30 bits per heavy atom. The topological polar surface area (TPSA) is 71.5 Å². The molecule has 0 aliphatic carbocycles. The van der Waals surface area contributed by atoms with Crippen LogP contribution < -0.4 is 5.32 Å². The predicted octanol–water partition coefficient (Wildman–Crippen LogP) is 3.06. The van der Waals surface area contributed by atoms with Crippen molar-refractivity contribution in [1.29, 1.82) is 0 Å². The highest BCUT2D eigenvalue weighted by atomic mass is 16.6. The van der Waals surface area contributed by atoms with E-state index >= 15 is 0 Å². The van der Waals surface area contributed by atoms with E-state index in [2.05, 4.69) is 10.3 Å². The van der Waals surface area contributed by atoms with E-state index in [0.717, 1.165) is 12.8 Å². The smallest absolute Gasteiger partial charge is 0.323 e. The average Bonchev–Trinajstić information content (AvgIpc) is 2.46. The van der Waals surface area contributed by atoms with Crippen LogP contribution in [-0.4, -0.2) is 40.1 Å². The van der Waals surface area contributed by atoms with Crippen LogP contribution in [0, 0.1) is 5.92 Å². The molecule has 2 amide bonds. The van der Waals surface area contributed by atoms with E-state index in [1.54, 1.807) is 23.2 Å². The summed E-state index contributed by atoms with van der Waals surface area (Å²) < 4.78 is 5.45. The molecular weight excluding hydrogens is 294 g/mol. The summed E-state index contributed by atoms with van der Waals surface area (Å²) in [5, 5.41) is 2.77. The number of anilines is 1. The molecule has 0 radical (unpaired) electrons. The number of carbonyl (C=O) groups is 2. The van der Waals surface area contributed by atoms with E-state index in [-0.39, 0.29) is 24.0 Å². The van der Waals surface area contributed by atoms with Crippen LogP contribution in [0.4, 0.5) is 10.6 Å². The van der Waals surface area contributed by atoms with Crippen molar-refractivity contribution in [3.05, 3.63) is 24.4 Å². The Bertz CT molecular complexity index is 554. The second kappa shape index (κ2) is 6.98. The van der Waals surface area contributed by atoms with Crippen LogP contribution in [0.2, 0.25) is 0 Å². The van der Waals surface area contributed by atoms with Crippen molar-refractivity contribution >= 4 is 17.8 Å². The van der Waals surface area contributed by atoms with Crippen molar-refractivity contribution < 1.29 is 14.3 Å². The number of hydrogen-bond donors (Lipinski definition) is 1. The first kappa shape index (κ1) is 17.2. The summed E-state index contributed by atoms with van der Waals surface area (Å²) in [7, 11) is 0. The molecule has 1 aliphatic heterocycles. The molecule has 2 rings (SSSR count). The first-order valence-corrected chi connectivity index (χ1v) is 7.98. The molecule has 6 heteroatoms. The summed E-state index contributed by atoms with van der Waals surface area (Å²) in [5.41, 5.74) is -0.513. The first-order valence-electron chi connectivity index (χ1n) is 7.98. The second-order valence-electron chi connectivity index (χ2n) is 6.95. The van der Waals surface area contributed by atoms with Crippen molar-refractivity contribution in [2.24, 2.45) is 5.92 Å². The van der Waals surface area contributed by atoms with Gasteiger partial charge in [-0.3, -0.25) is 10.1 Å². The van der Waals surface area contributed by atoms with Gasteiger partial charge in [0.05, 0.1) is 5.92 Å². The van der Waals surface area contributed by atoms with Gasteiger partial charge in [0.25, 0.3) is 0 Å². The zero-order valence-corrected chi connectivity index (χ0v) is 14.2. The Morgan fingerprint density at radius 3 is 2.65 bits per heavy atom. The number of nitrogens with one attached hydrogen (secondary N) is 1. The molecule has 0 bridgehead atoms. The third kappa shape index (κ3) is 4.94. The molecule has 1 N–H and O–H groups in total. The third-order valence-corrected chi connectivity index (χ3v) is 3.78. The number of hydrogen-bond acceptors (Lipinski definition) is 4. The van der Waals surface area contributed by atoms with Crippen LogP contribution in [0.5, 0.6) is 0 Å². The standard InChI is InChI=1S/C17H25N3O3/c1-12-8-9-13(15(21)23-17(2,3)4)11-20(12)16(22)19-14-7-5-6-10-18-14/h5-7,10,12-13H,8-9,11H2,1-4H3,(H,18,19,22). The number of aromatic nitrogens is 1. The number of pyridine rings is 1. The van der Waals surface area contributed by atoms with E-state index in [1.807, 2.05) is 33.8 Å². The Labute approximate surface area is 137 Å². The molecule has 2 heterocycles. The predicted molar refractivity (Wildman–Crippen MR) is 88.0 cm³/mol. The van der Waals surface area contributed by atoms with Crippen LogP contribution >= 0.6 is 0 Å². The summed E-state index contributed by atoms with van der Waals surface area (Å²) in [4.78, 5) is 30.5. The maximum Gasteiger partial charge on any atom is 0.323 e. The van der Waals surface area contributed by atoms with Gasteiger partial charge in [0.1, 0.15) is 11.4 Å². The lowest BCUT2D eigenvalue weighted by molar-refractivity contribution is -0.161. The summed E-state index contributed by atoms with van der Waals surface area (Å²) in [6.07, 6.45) is 3.14. The molecule has 0 aromatic carbocycles. The van der Waals surface area contributed by atoms with Crippen molar-refractivity contribution in [3.63, 3.8) is 0 Å². The van der Waals surface area contributed by atoms with Gasteiger partial charge in [0.2, 0.25) is 0 Å². The van der Waals surface area contributed by atoms with Crippen LogP contribution in [0.15, 0.2) is 24.4 Å². The molecule has 2 atom stereocenters. The van der Waals surface area contributed by atoms with Gasteiger partial charge in [0, 0.05) is 18.8 Å². The average molecular weight is 319 g/mol. The minimum absolute atomic E-state index is 0.0809. The van der Waals surface area contributed by atoms with E-state index in [1.165, 1.54) is 0 Å². The Kier molecular flexibility index (Phi) is 5.23. The summed E-state index contributed by atoms with van der Waals surface area (Å²) in [5.74, 6) is -0.0102. The zero-order valence-electron chi connectivity index (χ0n) is 14.2.